The van der Waals surface area contributed by atoms with Gasteiger partial charge in [0.15, 0.2) is 0 Å². The summed E-state index contributed by atoms with van der Waals surface area (Å²) < 4.78 is 3.16. The van der Waals surface area contributed by atoms with E-state index >= 15 is 0 Å². The first-order valence-electron chi connectivity index (χ1n) is 9.07. The van der Waals surface area contributed by atoms with Crippen LogP contribution in [0.1, 0.15) is 34.9 Å². The number of nitrogens with zero attached hydrogens (tertiary/aromatic N) is 3. The van der Waals surface area contributed by atoms with E-state index in [1.54, 1.807) is 11.3 Å². The third-order valence-electron chi connectivity index (χ3n) is 5.41. The lowest BCUT2D eigenvalue weighted by Gasteiger charge is -2.39. The van der Waals surface area contributed by atoms with Crippen LogP contribution in [0.5, 0.6) is 0 Å². The number of fused-ring (bicyclic) bond motifs is 1. The minimum atomic E-state index is 0.00934. The predicted octanol–water partition coefficient (Wildman–Crippen LogP) is 3.45. The zero-order chi connectivity index (χ0) is 18.1. The number of carbonyl (C=O) groups is 1. The fraction of sp³-hybridized carbons (Fsp3) is 0.400. The molecule has 6 heteroatoms. The van der Waals surface area contributed by atoms with Crippen molar-refractivity contribution in [1.29, 1.82) is 0 Å². The normalized spacial score (nSPS) is 21.2. The van der Waals surface area contributed by atoms with Crippen LogP contribution in [0.4, 0.5) is 0 Å². The fourth-order valence-electron chi connectivity index (χ4n) is 4.05. The number of likely N-dealkylation sites (tertiary alicyclic amines) is 1. The Bertz CT molecular complexity index is 915. The van der Waals surface area contributed by atoms with Crippen molar-refractivity contribution in [3.05, 3.63) is 53.2 Å². The Labute approximate surface area is 157 Å². The van der Waals surface area contributed by atoms with E-state index in [-0.39, 0.29) is 11.9 Å². The molecule has 0 aliphatic carbocycles. The molecule has 0 saturated carbocycles. The summed E-state index contributed by atoms with van der Waals surface area (Å²) in [6, 6.07) is 10.4. The molecule has 1 N–H and O–H groups in total. The van der Waals surface area contributed by atoms with Gasteiger partial charge in [-0.1, -0.05) is 0 Å². The number of hydrogen-bond acceptors (Lipinski definition) is 4. The van der Waals surface area contributed by atoms with Crippen LogP contribution >= 0.6 is 11.3 Å². The van der Waals surface area contributed by atoms with Gasteiger partial charge in [-0.25, -0.2) is 0 Å². The molecule has 2 atom stereocenters. The summed E-state index contributed by atoms with van der Waals surface area (Å²) in [5, 5.41) is 10.7. The molecule has 1 amide bonds. The second-order valence-corrected chi connectivity index (χ2v) is 8.04. The third-order valence-corrected chi connectivity index (χ3v) is 6.31. The highest BCUT2D eigenvalue weighted by atomic mass is 32.1. The highest BCUT2D eigenvalue weighted by Crippen LogP contribution is 2.34. The molecule has 1 aliphatic rings. The Hall–Kier alpha value is -2.18. The largest absolute Gasteiger partial charge is 0.352 e. The number of aryl methyl sites for hydroxylation is 1. The van der Waals surface area contributed by atoms with Crippen LogP contribution in [0.15, 0.2) is 41.9 Å². The van der Waals surface area contributed by atoms with E-state index in [1.807, 2.05) is 36.1 Å². The molecule has 136 valence electrons. The summed E-state index contributed by atoms with van der Waals surface area (Å²) in [6.07, 6.45) is 4.12. The number of rotatable bonds is 4. The van der Waals surface area contributed by atoms with E-state index in [4.69, 9.17) is 0 Å². The topological polar surface area (TPSA) is 50.2 Å². The van der Waals surface area contributed by atoms with Gasteiger partial charge in [0, 0.05) is 30.1 Å². The SMILES string of the molecule is CN1CCC[C@@H](CNC(=O)c2ccc3sccc3c2)[C@@H]1c1ccnn1C. The number of piperidine rings is 1. The molecular weight excluding hydrogens is 344 g/mol. The zero-order valence-electron chi connectivity index (χ0n) is 15.2. The molecule has 1 fully saturated rings. The van der Waals surface area contributed by atoms with Crippen LogP contribution in [0, 0.1) is 5.92 Å². The van der Waals surface area contributed by atoms with Crippen LogP contribution in [0.2, 0.25) is 0 Å². The van der Waals surface area contributed by atoms with Crippen molar-refractivity contribution in [3.8, 4) is 0 Å². The molecule has 3 heterocycles. The standard InChI is InChI=1S/C20H24N4OS/c1-23-10-3-4-16(19(23)17-7-9-22-24(17)2)13-21-20(25)15-5-6-18-14(12-15)8-11-26-18/h5-9,11-12,16,19H,3-4,10,13H2,1-2H3,(H,21,25)/t16-,19+/m0/s1. The second kappa shape index (κ2) is 7.21. The van der Waals surface area contributed by atoms with Gasteiger partial charge >= 0.3 is 0 Å². The Morgan fingerprint density at radius 2 is 2.19 bits per heavy atom. The lowest BCUT2D eigenvalue weighted by molar-refractivity contribution is 0.0880. The monoisotopic (exact) mass is 368 g/mol. The Kier molecular flexibility index (Phi) is 4.78. The van der Waals surface area contributed by atoms with Crippen molar-refractivity contribution < 1.29 is 4.79 Å². The van der Waals surface area contributed by atoms with Gasteiger partial charge < -0.3 is 5.32 Å². The molecule has 4 rings (SSSR count). The molecule has 0 spiro atoms. The molecule has 1 aliphatic heterocycles. The van der Waals surface area contributed by atoms with Crippen LogP contribution in [-0.2, 0) is 7.05 Å². The van der Waals surface area contributed by atoms with Crippen molar-refractivity contribution in [2.45, 2.75) is 18.9 Å². The minimum absolute atomic E-state index is 0.00934. The number of carbonyl (C=O) groups excluding carboxylic acids is 1. The lowest BCUT2D eigenvalue weighted by atomic mass is 9.87. The van der Waals surface area contributed by atoms with Crippen molar-refractivity contribution in [1.82, 2.24) is 20.0 Å². The van der Waals surface area contributed by atoms with E-state index in [9.17, 15) is 4.79 Å². The summed E-state index contributed by atoms with van der Waals surface area (Å²) >= 11 is 1.70. The molecule has 0 bridgehead atoms. The number of nitrogens with one attached hydrogen (secondary N) is 1. The summed E-state index contributed by atoms with van der Waals surface area (Å²) in [6.45, 7) is 1.76. The number of amides is 1. The van der Waals surface area contributed by atoms with Gasteiger partial charge in [-0.2, -0.15) is 5.10 Å². The quantitative estimate of drug-likeness (QED) is 0.767. The molecule has 2 aromatic heterocycles. The first-order valence-corrected chi connectivity index (χ1v) is 9.95. The molecule has 0 radical (unpaired) electrons. The molecular formula is C20H24N4OS. The third kappa shape index (κ3) is 3.27. The number of hydrogen-bond donors (Lipinski definition) is 1. The average Bonchev–Trinajstić information content (AvgIpc) is 3.27. The van der Waals surface area contributed by atoms with Crippen molar-refractivity contribution in [2.24, 2.45) is 13.0 Å². The molecule has 5 nitrogen and oxygen atoms in total. The average molecular weight is 369 g/mol. The molecule has 1 aromatic carbocycles. The molecule has 26 heavy (non-hydrogen) atoms. The van der Waals surface area contributed by atoms with E-state index < -0.39 is 0 Å². The first-order chi connectivity index (χ1) is 12.6. The molecule has 0 unspecified atom stereocenters. The number of thiophene rings is 1. The summed E-state index contributed by atoms with van der Waals surface area (Å²) in [4.78, 5) is 15.0. The van der Waals surface area contributed by atoms with Crippen LogP contribution in [0.25, 0.3) is 10.1 Å². The summed E-state index contributed by atoms with van der Waals surface area (Å²) in [7, 11) is 4.15. The Morgan fingerprint density at radius 3 is 3.00 bits per heavy atom. The summed E-state index contributed by atoms with van der Waals surface area (Å²) in [5.41, 5.74) is 1.95. The van der Waals surface area contributed by atoms with Gasteiger partial charge in [0.05, 0.1) is 11.7 Å². The van der Waals surface area contributed by atoms with Gasteiger partial charge in [0.2, 0.25) is 0 Å². The lowest BCUT2D eigenvalue weighted by Crippen LogP contribution is -2.42. The van der Waals surface area contributed by atoms with E-state index in [0.717, 1.165) is 30.3 Å². The number of aromatic nitrogens is 2. The molecule has 1 saturated heterocycles. The first kappa shape index (κ1) is 17.2. The van der Waals surface area contributed by atoms with Gasteiger partial charge in [-0.3, -0.25) is 14.4 Å². The van der Waals surface area contributed by atoms with Gasteiger partial charge in [-0.15, -0.1) is 11.3 Å². The predicted molar refractivity (Wildman–Crippen MR) is 105 cm³/mol. The van der Waals surface area contributed by atoms with Crippen LogP contribution < -0.4 is 5.32 Å². The maximum Gasteiger partial charge on any atom is 0.251 e. The van der Waals surface area contributed by atoms with Gasteiger partial charge in [0.1, 0.15) is 0 Å². The van der Waals surface area contributed by atoms with E-state index in [0.29, 0.717) is 12.5 Å². The van der Waals surface area contributed by atoms with E-state index in [1.165, 1.54) is 10.4 Å². The van der Waals surface area contributed by atoms with Crippen molar-refractivity contribution in [2.75, 3.05) is 20.1 Å². The summed E-state index contributed by atoms with van der Waals surface area (Å²) in [5.74, 6) is 0.396. The molecule has 3 aromatic rings. The highest BCUT2D eigenvalue weighted by molar-refractivity contribution is 7.17. The minimum Gasteiger partial charge on any atom is -0.352 e. The van der Waals surface area contributed by atoms with Crippen molar-refractivity contribution >= 4 is 27.3 Å². The Morgan fingerprint density at radius 1 is 1.31 bits per heavy atom. The van der Waals surface area contributed by atoms with E-state index in [2.05, 4.69) is 39.9 Å². The smallest absolute Gasteiger partial charge is 0.251 e. The number of benzene rings is 1. The Balaban J connectivity index is 1.48. The fourth-order valence-corrected chi connectivity index (χ4v) is 4.82. The van der Waals surface area contributed by atoms with Crippen LogP contribution in [-0.4, -0.2) is 40.7 Å². The maximum atomic E-state index is 12.7. The second-order valence-electron chi connectivity index (χ2n) is 7.09. The van der Waals surface area contributed by atoms with Crippen molar-refractivity contribution in [3.63, 3.8) is 0 Å². The van der Waals surface area contributed by atoms with Gasteiger partial charge in [-0.05, 0) is 73.5 Å². The highest BCUT2D eigenvalue weighted by Gasteiger charge is 2.32. The zero-order valence-corrected chi connectivity index (χ0v) is 16.0. The van der Waals surface area contributed by atoms with Crippen LogP contribution in [0.3, 0.4) is 0 Å². The maximum absolute atomic E-state index is 12.7. The van der Waals surface area contributed by atoms with Gasteiger partial charge in [0.25, 0.3) is 5.91 Å².